The van der Waals surface area contributed by atoms with Gasteiger partial charge in [0.1, 0.15) is 11.8 Å². The third-order valence-corrected chi connectivity index (χ3v) is 3.62. The number of rotatable bonds is 4. The van der Waals surface area contributed by atoms with E-state index in [0.717, 1.165) is 24.9 Å². The molecule has 1 fully saturated rings. The smallest absolute Gasteiger partial charge is 0.227 e. The van der Waals surface area contributed by atoms with Gasteiger partial charge in [0.15, 0.2) is 6.61 Å². The average Bonchev–Trinajstić information content (AvgIpc) is 2.84. The molecule has 0 spiro atoms. The molecule has 2 rings (SSSR count). The van der Waals surface area contributed by atoms with E-state index in [1.165, 1.54) is 0 Å². The Labute approximate surface area is 113 Å². The van der Waals surface area contributed by atoms with Crippen LogP contribution in [0.4, 0.5) is 5.69 Å². The highest BCUT2D eigenvalue weighted by molar-refractivity contribution is 5.92. The second-order valence-corrected chi connectivity index (χ2v) is 4.98. The summed E-state index contributed by atoms with van der Waals surface area (Å²) in [6.07, 6.45) is 3.26. The molecule has 1 aliphatic carbocycles. The normalized spacial score (nSPS) is 21.7. The Bertz CT molecular complexity index is 476. The topological polar surface area (TPSA) is 62.1 Å². The lowest BCUT2D eigenvalue weighted by Crippen LogP contribution is -2.24. The lowest BCUT2D eigenvalue weighted by atomic mass is 9.97. The van der Waals surface area contributed by atoms with Gasteiger partial charge in [0, 0.05) is 11.6 Å². The number of nitriles is 1. The summed E-state index contributed by atoms with van der Waals surface area (Å²) in [6, 6.07) is 9.01. The van der Waals surface area contributed by atoms with Crippen molar-refractivity contribution in [1.29, 1.82) is 5.26 Å². The van der Waals surface area contributed by atoms with Gasteiger partial charge in [-0.1, -0.05) is 13.3 Å². The number of nitrogens with one attached hydrogen (secondary N) is 1. The van der Waals surface area contributed by atoms with Crippen molar-refractivity contribution in [3.63, 3.8) is 0 Å². The summed E-state index contributed by atoms with van der Waals surface area (Å²) < 4.78 is 5.16. The zero-order valence-electron chi connectivity index (χ0n) is 11.1. The van der Waals surface area contributed by atoms with Crippen molar-refractivity contribution < 1.29 is 9.53 Å². The first-order valence-electron chi connectivity index (χ1n) is 6.61. The van der Waals surface area contributed by atoms with Gasteiger partial charge in [0.2, 0.25) is 5.91 Å². The zero-order chi connectivity index (χ0) is 13.7. The van der Waals surface area contributed by atoms with Crippen LogP contribution in [0, 0.1) is 23.2 Å². The number of benzene rings is 1. The molecule has 4 nitrogen and oxygen atoms in total. The lowest BCUT2D eigenvalue weighted by Gasteiger charge is -2.15. The molecule has 1 N–H and O–H groups in total. The van der Waals surface area contributed by atoms with Crippen molar-refractivity contribution >= 4 is 11.6 Å². The standard InChI is InChI=1S/C15H18N2O2/c1-11-3-2-4-14(11)15(18)17-12-5-7-13(8-6-12)19-10-9-16/h5-8,11,14H,2-4,10H2,1H3,(H,17,18). The summed E-state index contributed by atoms with van der Waals surface area (Å²) in [5.41, 5.74) is 0.772. The zero-order valence-corrected chi connectivity index (χ0v) is 11.1. The fourth-order valence-corrected chi connectivity index (χ4v) is 2.52. The van der Waals surface area contributed by atoms with E-state index in [-0.39, 0.29) is 18.4 Å². The van der Waals surface area contributed by atoms with Gasteiger partial charge in [-0.3, -0.25) is 4.79 Å². The molecule has 19 heavy (non-hydrogen) atoms. The first kappa shape index (κ1) is 13.4. The predicted octanol–water partition coefficient (Wildman–Crippen LogP) is 2.96. The van der Waals surface area contributed by atoms with Gasteiger partial charge in [0.05, 0.1) is 0 Å². The Kier molecular flexibility index (Phi) is 4.40. The first-order valence-corrected chi connectivity index (χ1v) is 6.61. The molecule has 0 saturated heterocycles. The first-order chi connectivity index (χ1) is 9.20. The van der Waals surface area contributed by atoms with Crippen LogP contribution < -0.4 is 10.1 Å². The van der Waals surface area contributed by atoms with Crippen LogP contribution in [0.25, 0.3) is 0 Å². The van der Waals surface area contributed by atoms with Crippen molar-refractivity contribution in [2.45, 2.75) is 26.2 Å². The fourth-order valence-electron chi connectivity index (χ4n) is 2.52. The second-order valence-electron chi connectivity index (χ2n) is 4.98. The Morgan fingerprint density at radius 2 is 2.16 bits per heavy atom. The summed E-state index contributed by atoms with van der Waals surface area (Å²) in [5.74, 6) is 1.34. The van der Waals surface area contributed by atoms with Crippen LogP contribution in [0.1, 0.15) is 26.2 Å². The largest absolute Gasteiger partial charge is 0.479 e. The van der Waals surface area contributed by atoms with E-state index in [9.17, 15) is 4.79 Å². The quantitative estimate of drug-likeness (QED) is 0.903. The van der Waals surface area contributed by atoms with E-state index in [0.29, 0.717) is 11.7 Å². The molecule has 0 aliphatic heterocycles. The van der Waals surface area contributed by atoms with E-state index in [1.54, 1.807) is 24.3 Å². The molecule has 0 radical (unpaired) electrons. The fraction of sp³-hybridized carbons (Fsp3) is 0.467. The van der Waals surface area contributed by atoms with Crippen LogP contribution in [-0.4, -0.2) is 12.5 Å². The van der Waals surface area contributed by atoms with Crippen molar-refractivity contribution in [2.75, 3.05) is 11.9 Å². The number of hydrogen-bond donors (Lipinski definition) is 1. The molecule has 100 valence electrons. The maximum absolute atomic E-state index is 12.1. The number of carbonyl (C=O) groups is 1. The van der Waals surface area contributed by atoms with Crippen molar-refractivity contribution in [3.05, 3.63) is 24.3 Å². The third-order valence-electron chi connectivity index (χ3n) is 3.62. The molecule has 0 heterocycles. The van der Waals surface area contributed by atoms with Crippen molar-refractivity contribution in [3.8, 4) is 11.8 Å². The van der Waals surface area contributed by atoms with Gasteiger partial charge in [-0.25, -0.2) is 0 Å². The molecular weight excluding hydrogens is 240 g/mol. The average molecular weight is 258 g/mol. The number of hydrogen-bond acceptors (Lipinski definition) is 3. The molecular formula is C15H18N2O2. The van der Waals surface area contributed by atoms with E-state index in [1.807, 2.05) is 6.07 Å². The molecule has 1 amide bonds. The summed E-state index contributed by atoms with van der Waals surface area (Å²) in [5, 5.41) is 11.4. The minimum atomic E-state index is 0.0330. The number of anilines is 1. The van der Waals surface area contributed by atoms with E-state index >= 15 is 0 Å². The number of carbonyl (C=O) groups excluding carboxylic acids is 1. The SMILES string of the molecule is CC1CCCC1C(=O)Nc1ccc(OCC#N)cc1. The Morgan fingerprint density at radius 1 is 1.42 bits per heavy atom. The second kappa shape index (κ2) is 6.24. The number of amides is 1. The van der Waals surface area contributed by atoms with Gasteiger partial charge in [0.25, 0.3) is 0 Å². The number of nitrogens with zero attached hydrogens (tertiary/aromatic N) is 1. The van der Waals surface area contributed by atoms with Gasteiger partial charge >= 0.3 is 0 Å². The van der Waals surface area contributed by atoms with Gasteiger partial charge in [-0.2, -0.15) is 5.26 Å². The third kappa shape index (κ3) is 3.47. The predicted molar refractivity (Wildman–Crippen MR) is 72.7 cm³/mol. The Morgan fingerprint density at radius 3 is 2.74 bits per heavy atom. The molecule has 1 aliphatic rings. The van der Waals surface area contributed by atoms with Crippen LogP contribution >= 0.6 is 0 Å². The van der Waals surface area contributed by atoms with Crippen LogP contribution in [0.2, 0.25) is 0 Å². The molecule has 1 aromatic rings. The van der Waals surface area contributed by atoms with Gasteiger partial charge in [-0.05, 0) is 43.0 Å². The van der Waals surface area contributed by atoms with Gasteiger partial charge in [-0.15, -0.1) is 0 Å². The van der Waals surface area contributed by atoms with Crippen LogP contribution in [0.15, 0.2) is 24.3 Å². The molecule has 0 aromatic heterocycles. The Hall–Kier alpha value is -2.02. The minimum Gasteiger partial charge on any atom is -0.479 e. The van der Waals surface area contributed by atoms with E-state index < -0.39 is 0 Å². The van der Waals surface area contributed by atoms with Crippen LogP contribution in [0.3, 0.4) is 0 Å². The minimum absolute atomic E-state index is 0.0330. The van der Waals surface area contributed by atoms with Crippen molar-refractivity contribution in [2.24, 2.45) is 11.8 Å². The van der Waals surface area contributed by atoms with E-state index in [4.69, 9.17) is 10.00 Å². The highest BCUT2D eigenvalue weighted by atomic mass is 16.5. The highest BCUT2D eigenvalue weighted by Gasteiger charge is 2.29. The maximum atomic E-state index is 12.1. The molecule has 4 heteroatoms. The summed E-state index contributed by atoms with van der Waals surface area (Å²) in [7, 11) is 0. The summed E-state index contributed by atoms with van der Waals surface area (Å²) in [6.45, 7) is 2.17. The Balaban J connectivity index is 1.92. The van der Waals surface area contributed by atoms with Crippen LogP contribution in [-0.2, 0) is 4.79 Å². The number of ether oxygens (including phenoxy) is 1. The monoisotopic (exact) mass is 258 g/mol. The molecule has 0 bridgehead atoms. The maximum Gasteiger partial charge on any atom is 0.227 e. The molecule has 2 atom stereocenters. The van der Waals surface area contributed by atoms with Crippen LogP contribution in [0.5, 0.6) is 5.75 Å². The molecule has 1 aromatic carbocycles. The molecule has 1 saturated carbocycles. The van der Waals surface area contributed by atoms with Crippen molar-refractivity contribution in [1.82, 2.24) is 0 Å². The summed E-state index contributed by atoms with van der Waals surface area (Å²) in [4.78, 5) is 12.1. The highest BCUT2D eigenvalue weighted by Crippen LogP contribution is 2.32. The lowest BCUT2D eigenvalue weighted by molar-refractivity contribution is -0.120. The van der Waals surface area contributed by atoms with Gasteiger partial charge < -0.3 is 10.1 Å². The van der Waals surface area contributed by atoms with E-state index in [2.05, 4.69) is 12.2 Å². The molecule has 2 unspecified atom stereocenters. The summed E-state index contributed by atoms with van der Waals surface area (Å²) >= 11 is 0.